The molecule has 1 heterocycles. The topological polar surface area (TPSA) is 49.8 Å². The van der Waals surface area contributed by atoms with E-state index in [4.69, 9.17) is 0 Å². The molecule has 0 amide bonds. The Balaban J connectivity index is 1.77. The minimum absolute atomic E-state index is 0.223. The zero-order valence-corrected chi connectivity index (χ0v) is 12.0. The molecule has 0 atom stereocenters. The minimum Gasteiger partial charge on any atom is -0.340 e. The fraction of sp³-hybridized carbons (Fsp3) is 0.0588. The summed E-state index contributed by atoms with van der Waals surface area (Å²) in [5.74, 6) is 0.911. The molecule has 0 spiro atoms. The molecule has 0 aliphatic carbocycles. The Labute approximate surface area is 128 Å². The van der Waals surface area contributed by atoms with Crippen LogP contribution < -0.4 is 10.6 Å². The highest BCUT2D eigenvalue weighted by atomic mass is 19.1. The van der Waals surface area contributed by atoms with Gasteiger partial charge in [-0.1, -0.05) is 18.2 Å². The van der Waals surface area contributed by atoms with E-state index >= 15 is 0 Å². The molecule has 0 bridgehead atoms. The van der Waals surface area contributed by atoms with Crippen molar-refractivity contribution in [1.82, 2.24) is 9.97 Å². The van der Waals surface area contributed by atoms with Gasteiger partial charge in [-0.3, -0.25) is 0 Å². The molecule has 0 aliphatic rings. The maximum atomic E-state index is 13.3. The number of aryl methyl sites for hydroxylation is 1. The molecule has 1 aromatic heterocycles. The second-order valence-electron chi connectivity index (χ2n) is 4.85. The summed E-state index contributed by atoms with van der Waals surface area (Å²) < 4.78 is 13.3. The number of benzene rings is 2. The summed E-state index contributed by atoms with van der Waals surface area (Å²) in [5.41, 5.74) is 2.28. The van der Waals surface area contributed by atoms with E-state index in [2.05, 4.69) is 20.6 Å². The second kappa shape index (κ2) is 6.22. The van der Waals surface area contributed by atoms with Crippen molar-refractivity contribution in [3.8, 4) is 0 Å². The number of halogens is 1. The lowest BCUT2D eigenvalue weighted by molar-refractivity contribution is 0.619. The van der Waals surface area contributed by atoms with Crippen LogP contribution in [-0.2, 0) is 0 Å². The summed E-state index contributed by atoms with van der Waals surface area (Å²) in [5, 5.41) is 6.27. The van der Waals surface area contributed by atoms with Crippen LogP contribution >= 0.6 is 0 Å². The largest absolute Gasteiger partial charge is 0.340 e. The van der Waals surface area contributed by atoms with E-state index in [0.717, 1.165) is 11.4 Å². The Hall–Kier alpha value is -2.95. The summed E-state index contributed by atoms with van der Waals surface area (Å²) >= 11 is 0. The van der Waals surface area contributed by atoms with Crippen LogP contribution in [0, 0.1) is 12.7 Å². The standard InChI is InChI=1S/C17H15FN4/c1-12-11-14(7-8-15(12)18)20-16-9-10-19-17(22-16)21-13-5-3-2-4-6-13/h2-11H,1H3,(H2,19,20,21,22). The van der Waals surface area contributed by atoms with Crippen LogP contribution in [0.15, 0.2) is 60.8 Å². The van der Waals surface area contributed by atoms with E-state index in [1.807, 2.05) is 30.3 Å². The molecule has 2 N–H and O–H groups in total. The highest BCUT2D eigenvalue weighted by Gasteiger charge is 2.03. The Kier molecular flexibility index (Phi) is 3.96. The maximum absolute atomic E-state index is 13.3. The third-order valence-electron chi connectivity index (χ3n) is 3.12. The molecule has 2 aromatic carbocycles. The third-order valence-corrected chi connectivity index (χ3v) is 3.12. The molecule has 0 radical (unpaired) electrons. The molecule has 0 saturated heterocycles. The number of rotatable bonds is 4. The Bertz CT molecular complexity index is 775. The summed E-state index contributed by atoms with van der Waals surface area (Å²) in [6.07, 6.45) is 1.66. The van der Waals surface area contributed by atoms with Gasteiger partial charge in [0, 0.05) is 17.6 Å². The van der Waals surface area contributed by atoms with Gasteiger partial charge in [-0.2, -0.15) is 4.98 Å². The Morgan fingerprint density at radius 3 is 2.50 bits per heavy atom. The van der Waals surface area contributed by atoms with Gasteiger partial charge in [0.1, 0.15) is 11.6 Å². The zero-order chi connectivity index (χ0) is 15.4. The van der Waals surface area contributed by atoms with Crippen LogP contribution in [0.1, 0.15) is 5.56 Å². The lowest BCUT2D eigenvalue weighted by Gasteiger charge is -2.09. The quantitative estimate of drug-likeness (QED) is 0.748. The molecule has 0 saturated carbocycles. The number of hydrogen-bond donors (Lipinski definition) is 2. The van der Waals surface area contributed by atoms with Gasteiger partial charge in [0.15, 0.2) is 0 Å². The number of nitrogens with one attached hydrogen (secondary N) is 2. The van der Waals surface area contributed by atoms with Crippen molar-refractivity contribution in [2.75, 3.05) is 10.6 Å². The molecule has 3 aromatic rings. The van der Waals surface area contributed by atoms with Crippen molar-refractivity contribution in [2.45, 2.75) is 6.92 Å². The van der Waals surface area contributed by atoms with Crippen molar-refractivity contribution in [3.63, 3.8) is 0 Å². The first-order valence-electron chi connectivity index (χ1n) is 6.89. The van der Waals surface area contributed by atoms with E-state index < -0.39 is 0 Å². The van der Waals surface area contributed by atoms with Gasteiger partial charge in [0.2, 0.25) is 5.95 Å². The average molecular weight is 294 g/mol. The van der Waals surface area contributed by atoms with E-state index in [9.17, 15) is 4.39 Å². The number of hydrogen-bond acceptors (Lipinski definition) is 4. The molecule has 0 unspecified atom stereocenters. The van der Waals surface area contributed by atoms with E-state index in [1.54, 1.807) is 31.3 Å². The maximum Gasteiger partial charge on any atom is 0.229 e. The molecule has 5 heteroatoms. The van der Waals surface area contributed by atoms with Crippen molar-refractivity contribution < 1.29 is 4.39 Å². The lowest BCUT2D eigenvalue weighted by Crippen LogP contribution is -2.00. The molecule has 0 aliphatic heterocycles. The lowest BCUT2D eigenvalue weighted by atomic mass is 10.2. The molecule has 22 heavy (non-hydrogen) atoms. The fourth-order valence-electron chi connectivity index (χ4n) is 2.01. The smallest absolute Gasteiger partial charge is 0.229 e. The molecule has 110 valence electrons. The SMILES string of the molecule is Cc1cc(Nc2ccnc(Nc3ccccc3)n2)ccc1F. The van der Waals surface area contributed by atoms with Gasteiger partial charge in [-0.25, -0.2) is 9.37 Å². The summed E-state index contributed by atoms with van der Waals surface area (Å²) in [7, 11) is 0. The third kappa shape index (κ3) is 3.38. The normalized spacial score (nSPS) is 10.3. The average Bonchev–Trinajstić information content (AvgIpc) is 2.52. The van der Waals surface area contributed by atoms with Gasteiger partial charge in [-0.15, -0.1) is 0 Å². The Morgan fingerprint density at radius 2 is 1.73 bits per heavy atom. The summed E-state index contributed by atoms with van der Waals surface area (Å²) in [6, 6.07) is 16.3. The van der Waals surface area contributed by atoms with Crippen LogP contribution in [0.25, 0.3) is 0 Å². The molecule has 4 nitrogen and oxygen atoms in total. The van der Waals surface area contributed by atoms with Crippen molar-refractivity contribution in [1.29, 1.82) is 0 Å². The fourth-order valence-corrected chi connectivity index (χ4v) is 2.01. The predicted octanol–water partition coefficient (Wildman–Crippen LogP) is 4.41. The molecule has 3 rings (SSSR count). The van der Waals surface area contributed by atoms with Crippen molar-refractivity contribution in [3.05, 3.63) is 72.2 Å². The summed E-state index contributed by atoms with van der Waals surface area (Å²) in [6.45, 7) is 1.73. The van der Waals surface area contributed by atoms with Gasteiger partial charge in [-0.05, 0) is 48.9 Å². The zero-order valence-electron chi connectivity index (χ0n) is 12.0. The Morgan fingerprint density at radius 1 is 0.909 bits per heavy atom. The first kappa shape index (κ1) is 14.0. The minimum atomic E-state index is -0.223. The number of nitrogens with zero attached hydrogens (tertiary/aromatic N) is 2. The molecular weight excluding hydrogens is 279 g/mol. The summed E-state index contributed by atoms with van der Waals surface area (Å²) in [4.78, 5) is 8.57. The predicted molar refractivity (Wildman–Crippen MR) is 86.2 cm³/mol. The number of anilines is 4. The van der Waals surface area contributed by atoms with Gasteiger partial charge < -0.3 is 10.6 Å². The van der Waals surface area contributed by atoms with Gasteiger partial charge >= 0.3 is 0 Å². The van der Waals surface area contributed by atoms with Crippen LogP contribution in [0.4, 0.5) is 27.5 Å². The first-order chi connectivity index (χ1) is 10.7. The monoisotopic (exact) mass is 294 g/mol. The van der Waals surface area contributed by atoms with Crippen LogP contribution in [0.3, 0.4) is 0 Å². The van der Waals surface area contributed by atoms with Crippen molar-refractivity contribution in [2.24, 2.45) is 0 Å². The van der Waals surface area contributed by atoms with Crippen LogP contribution in [0.2, 0.25) is 0 Å². The van der Waals surface area contributed by atoms with Gasteiger partial charge in [0.05, 0.1) is 0 Å². The van der Waals surface area contributed by atoms with E-state index in [-0.39, 0.29) is 5.82 Å². The highest BCUT2D eigenvalue weighted by Crippen LogP contribution is 2.19. The van der Waals surface area contributed by atoms with Crippen molar-refractivity contribution >= 4 is 23.1 Å². The first-order valence-corrected chi connectivity index (χ1v) is 6.89. The van der Waals surface area contributed by atoms with Gasteiger partial charge in [0.25, 0.3) is 0 Å². The molecule has 0 fully saturated rings. The molecular formula is C17H15FN4. The van der Waals surface area contributed by atoms with E-state index in [1.165, 1.54) is 6.07 Å². The van der Waals surface area contributed by atoms with E-state index in [0.29, 0.717) is 17.3 Å². The highest BCUT2D eigenvalue weighted by molar-refractivity contribution is 5.59. The van der Waals surface area contributed by atoms with Crippen LogP contribution in [-0.4, -0.2) is 9.97 Å². The number of para-hydroxylation sites is 1. The van der Waals surface area contributed by atoms with Crippen LogP contribution in [0.5, 0.6) is 0 Å². The second-order valence-corrected chi connectivity index (χ2v) is 4.85. The number of aromatic nitrogens is 2.